The minimum absolute atomic E-state index is 0. The Morgan fingerprint density at radius 3 is 2.88 bits per heavy atom. The van der Waals surface area contributed by atoms with Crippen LogP contribution >= 0.6 is 12.4 Å². The Labute approximate surface area is 154 Å². The van der Waals surface area contributed by atoms with Gasteiger partial charge < -0.3 is 15.0 Å². The molecule has 6 nitrogen and oxygen atoms in total. The third-order valence-corrected chi connectivity index (χ3v) is 4.26. The molecule has 1 aromatic carbocycles. The van der Waals surface area contributed by atoms with Crippen LogP contribution in [-0.4, -0.2) is 53.9 Å². The lowest BCUT2D eigenvalue weighted by Crippen LogP contribution is -2.33. The first-order valence-corrected chi connectivity index (χ1v) is 8.43. The van der Waals surface area contributed by atoms with Crippen LogP contribution in [0.25, 0.3) is 0 Å². The predicted octanol–water partition coefficient (Wildman–Crippen LogP) is 2.38. The van der Waals surface area contributed by atoms with Gasteiger partial charge in [-0.05, 0) is 37.6 Å². The summed E-state index contributed by atoms with van der Waals surface area (Å²) in [6.45, 7) is 2.95. The zero-order valence-electron chi connectivity index (χ0n) is 14.4. The number of hydrogen-bond donors (Lipinski definition) is 1. The minimum Gasteiger partial charge on any atom is -0.492 e. The maximum Gasteiger partial charge on any atom is 0.274 e. The number of piperidine rings is 1. The number of carbonyl (C=O) groups is 1. The molecule has 1 N–H and O–H groups in total. The molecule has 0 spiro atoms. The monoisotopic (exact) mass is 364 g/mol. The summed E-state index contributed by atoms with van der Waals surface area (Å²) in [5.74, 6) is 0.738. The van der Waals surface area contributed by atoms with Crippen molar-refractivity contribution in [3.8, 4) is 5.75 Å². The van der Waals surface area contributed by atoms with Crippen LogP contribution < -0.4 is 10.1 Å². The summed E-state index contributed by atoms with van der Waals surface area (Å²) in [5, 5.41) is 7.83. The number of aromatic nitrogens is 2. The van der Waals surface area contributed by atoms with Gasteiger partial charge >= 0.3 is 0 Å². The van der Waals surface area contributed by atoms with E-state index in [2.05, 4.69) is 10.4 Å². The quantitative estimate of drug-likeness (QED) is 0.855. The Hall–Kier alpha value is -2.05. The molecule has 0 radical (unpaired) electrons. The molecule has 2 aromatic rings. The molecule has 3 rings (SSSR count). The number of para-hydroxylation sites is 1. The molecule has 0 saturated carbocycles. The van der Waals surface area contributed by atoms with Crippen LogP contribution in [0.1, 0.15) is 29.4 Å². The van der Waals surface area contributed by atoms with Crippen LogP contribution in [0, 0.1) is 0 Å². The number of nitrogens with zero attached hydrogens (tertiary/aromatic N) is 3. The van der Waals surface area contributed by atoms with Crippen LogP contribution in [0.3, 0.4) is 0 Å². The summed E-state index contributed by atoms with van der Waals surface area (Å²) in [7, 11) is 1.78. The van der Waals surface area contributed by atoms with E-state index in [1.807, 2.05) is 41.2 Å². The molecule has 1 aliphatic rings. The van der Waals surface area contributed by atoms with Crippen LogP contribution in [0.2, 0.25) is 0 Å². The van der Waals surface area contributed by atoms with Crippen molar-refractivity contribution in [2.24, 2.45) is 0 Å². The van der Waals surface area contributed by atoms with Crippen molar-refractivity contribution < 1.29 is 9.53 Å². The molecule has 136 valence electrons. The Morgan fingerprint density at radius 1 is 1.36 bits per heavy atom. The Morgan fingerprint density at radius 2 is 2.16 bits per heavy atom. The summed E-state index contributed by atoms with van der Waals surface area (Å²) in [5.41, 5.74) is 0.489. The lowest BCUT2D eigenvalue weighted by molar-refractivity contribution is 0.0766. The van der Waals surface area contributed by atoms with Gasteiger partial charge in [0, 0.05) is 19.8 Å². The molecule has 1 amide bonds. The van der Waals surface area contributed by atoms with Crippen LogP contribution in [0.15, 0.2) is 42.6 Å². The predicted molar refractivity (Wildman–Crippen MR) is 99.5 cm³/mol. The van der Waals surface area contributed by atoms with E-state index < -0.39 is 0 Å². The standard InChI is InChI=1S/C18H24N4O2.ClH/c1-21(12-13-24-16-7-3-2-4-8-16)18(23)17-9-11-22(20-17)15-6-5-10-19-14-15;/h2-4,7-9,11,15,19H,5-6,10,12-14H2,1H3;1H. The van der Waals surface area contributed by atoms with Gasteiger partial charge in [-0.1, -0.05) is 18.2 Å². The molecule has 0 aliphatic carbocycles. The Bertz CT molecular complexity index is 656. The summed E-state index contributed by atoms with van der Waals surface area (Å²) in [6, 6.07) is 11.7. The highest BCUT2D eigenvalue weighted by molar-refractivity contribution is 5.92. The van der Waals surface area contributed by atoms with Gasteiger partial charge in [-0.2, -0.15) is 5.10 Å². The summed E-state index contributed by atoms with van der Waals surface area (Å²) < 4.78 is 7.55. The smallest absolute Gasteiger partial charge is 0.274 e. The number of ether oxygens (including phenoxy) is 1. The van der Waals surface area contributed by atoms with E-state index in [1.54, 1.807) is 18.0 Å². The molecule has 1 atom stereocenters. The third kappa shape index (κ3) is 5.21. The van der Waals surface area contributed by atoms with Gasteiger partial charge in [-0.15, -0.1) is 12.4 Å². The maximum atomic E-state index is 12.5. The number of amides is 1. The molecule has 1 saturated heterocycles. The number of halogens is 1. The molecule has 1 aromatic heterocycles. The number of benzene rings is 1. The average Bonchev–Trinajstić information content (AvgIpc) is 3.13. The fourth-order valence-corrected chi connectivity index (χ4v) is 2.83. The maximum absolute atomic E-state index is 12.5. The molecular weight excluding hydrogens is 340 g/mol. The lowest BCUT2D eigenvalue weighted by atomic mass is 10.1. The number of hydrogen-bond acceptors (Lipinski definition) is 4. The first-order chi connectivity index (χ1) is 11.7. The van der Waals surface area contributed by atoms with Crippen molar-refractivity contribution >= 4 is 18.3 Å². The topological polar surface area (TPSA) is 59.4 Å². The van der Waals surface area contributed by atoms with Gasteiger partial charge in [0.1, 0.15) is 18.1 Å². The van der Waals surface area contributed by atoms with Crippen molar-refractivity contribution in [1.82, 2.24) is 20.0 Å². The van der Waals surface area contributed by atoms with Gasteiger partial charge in [0.15, 0.2) is 0 Å². The van der Waals surface area contributed by atoms with E-state index in [-0.39, 0.29) is 18.3 Å². The lowest BCUT2D eigenvalue weighted by Gasteiger charge is -2.23. The largest absolute Gasteiger partial charge is 0.492 e. The molecule has 2 heterocycles. The van der Waals surface area contributed by atoms with Gasteiger partial charge in [-0.25, -0.2) is 0 Å². The van der Waals surface area contributed by atoms with E-state index in [0.29, 0.717) is 24.9 Å². The van der Waals surface area contributed by atoms with Crippen molar-refractivity contribution in [2.45, 2.75) is 18.9 Å². The number of rotatable bonds is 6. The first-order valence-electron chi connectivity index (χ1n) is 8.43. The highest BCUT2D eigenvalue weighted by Gasteiger charge is 2.19. The second kappa shape index (κ2) is 9.44. The molecule has 1 fully saturated rings. The third-order valence-electron chi connectivity index (χ3n) is 4.26. The zero-order valence-corrected chi connectivity index (χ0v) is 15.2. The van der Waals surface area contributed by atoms with E-state index in [4.69, 9.17) is 4.74 Å². The van der Waals surface area contributed by atoms with Crippen molar-refractivity contribution in [3.63, 3.8) is 0 Å². The molecule has 7 heteroatoms. The van der Waals surface area contributed by atoms with Gasteiger partial charge in [0.05, 0.1) is 12.6 Å². The highest BCUT2D eigenvalue weighted by atomic mass is 35.5. The van der Waals surface area contributed by atoms with Crippen LogP contribution in [0.4, 0.5) is 0 Å². The van der Waals surface area contributed by atoms with Crippen molar-refractivity contribution in [2.75, 3.05) is 33.3 Å². The van der Waals surface area contributed by atoms with Crippen molar-refractivity contribution in [1.29, 1.82) is 0 Å². The van der Waals surface area contributed by atoms with Gasteiger partial charge in [0.2, 0.25) is 0 Å². The number of likely N-dealkylation sites (N-methyl/N-ethyl adjacent to an activating group) is 1. The SMILES string of the molecule is CN(CCOc1ccccc1)C(=O)c1ccn(C2CCCNC2)n1.Cl. The van der Waals surface area contributed by atoms with E-state index in [1.165, 1.54) is 0 Å². The van der Waals surface area contributed by atoms with Gasteiger partial charge in [0.25, 0.3) is 5.91 Å². The molecule has 0 bridgehead atoms. The highest BCUT2D eigenvalue weighted by Crippen LogP contribution is 2.16. The Kier molecular flexibility index (Phi) is 7.28. The van der Waals surface area contributed by atoms with Crippen LogP contribution in [-0.2, 0) is 0 Å². The Balaban J connectivity index is 0.00000225. The first kappa shape index (κ1) is 19.3. The zero-order chi connectivity index (χ0) is 16.8. The van der Waals surface area contributed by atoms with E-state index >= 15 is 0 Å². The summed E-state index contributed by atoms with van der Waals surface area (Å²) in [4.78, 5) is 14.1. The number of carbonyl (C=O) groups excluding carboxylic acids is 1. The van der Waals surface area contributed by atoms with E-state index in [0.717, 1.165) is 31.7 Å². The molecular formula is C18H25ClN4O2. The van der Waals surface area contributed by atoms with Crippen molar-refractivity contribution in [3.05, 3.63) is 48.3 Å². The molecule has 1 unspecified atom stereocenters. The van der Waals surface area contributed by atoms with Gasteiger partial charge in [-0.3, -0.25) is 9.48 Å². The fraction of sp³-hybridized carbons (Fsp3) is 0.444. The summed E-state index contributed by atoms with van der Waals surface area (Å²) in [6.07, 6.45) is 4.15. The number of nitrogens with one attached hydrogen (secondary N) is 1. The minimum atomic E-state index is -0.0748. The normalized spacial score (nSPS) is 16.8. The second-order valence-corrected chi connectivity index (χ2v) is 6.07. The average molecular weight is 365 g/mol. The van der Waals surface area contributed by atoms with E-state index in [9.17, 15) is 4.79 Å². The van der Waals surface area contributed by atoms with Crippen LogP contribution in [0.5, 0.6) is 5.75 Å². The summed E-state index contributed by atoms with van der Waals surface area (Å²) >= 11 is 0. The fourth-order valence-electron chi connectivity index (χ4n) is 2.83. The molecule has 25 heavy (non-hydrogen) atoms. The second-order valence-electron chi connectivity index (χ2n) is 6.07. The molecule has 1 aliphatic heterocycles.